The normalized spacial score (nSPS) is 12.2. The maximum atomic E-state index is 13.7. The highest BCUT2D eigenvalue weighted by Crippen LogP contribution is 2.21. The van der Waals surface area contributed by atoms with Gasteiger partial charge in [0.15, 0.2) is 0 Å². The molecule has 0 aliphatic rings. The predicted molar refractivity (Wildman–Crippen MR) is 190 cm³/mol. The average Bonchev–Trinajstić information content (AvgIpc) is 3.55. The largest absolute Gasteiger partial charge is 0.489 e. The van der Waals surface area contributed by atoms with Crippen molar-refractivity contribution in [2.24, 2.45) is 5.92 Å². The van der Waals surface area contributed by atoms with E-state index in [0.29, 0.717) is 32.4 Å². The molecule has 0 fully saturated rings. The van der Waals surface area contributed by atoms with Gasteiger partial charge in [0.25, 0.3) is 0 Å². The Hall–Kier alpha value is -5.41. The number of carbonyl (C=O) groups excluding carboxylic acids is 3. The minimum Gasteiger partial charge on any atom is -0.489 e. The number of aromatic amines is 1. The number of aromatic nitrogens is 1. The molecule has 0 bridgehead atoms. The molecular formula is C40H44N4O5. The van der Waals surface area contributed by atoms with Crippen LogP contribution in [0.25, 0.3) is 10.9 Å². The molecule has 49 heavy (non-hydrogen) atoms. The van der Waals surface area contributed by atoms with E-state index in [1.165, 1.54) is 0 Å². The van der Waals surface area contributed by atoms with Crippen molar-refractivity contribution >= 4 is 28.6 Å². The second kappa shape index (κ2) is 18.2. The molecule has 4 aromatic carbocycles. The molecule has 1 aromatic heterocycles. The van der Waals surface area contributed by atoms with E-state index in [1.807, 2.05) is 115 Å². The highest BCUT2D eigenvalue weighted by molar-refractivity contribution is 5.91. The van der Waals surface area contributed by atoms with Gasteiger partial charge in [-0.2, -0.15) is 0 Å². The molecule has 5 aromatic rings. The molecule has 0 saturated carbocycles. The van der Waals surface area contributed by atoms with E-state index in [2.05, 4.69) is 15.6 Å². The van der Waals surface area contributed by atoms with Crippen LogP contribution in [0.5, 0.6) is 5.75 Å². The summed E-state index contributed by atoms with van der Waals surface area (Å²) in [7, 11) is 0. The highest BCUT2D eigenvalue weighted by Gasteiger charge is 2.28. The fourth-order valence-corrected chi connectivity index (χ4v) is 5.93. The summed E-state index contributed by atoms with van der Waals surface area (Å²) in [6, 6.07) is 34.8. The minimum absolute atomic E-state index is 0.189. The van der Waals surface area contributed by atoms with Crippen LogP contribution in [0.4, 0.5) is 0 Å². The van der Waals surface area contributed by atoms with Crippen molar-refractivity contribution in [2.45, 2.75) is 57.6 Å². The van der Waals surface area contributed by atoms with Crippen molar-refractivity contribution in [1.29, 1.82) is 0 Å². The molecule has 3 amide bonds. The summed E-state index contributed by atoms with van der Waals surface area (Å²) in [5, 5.41) is 16.1. The number of carbonyl (C=O) groups is 3. The van der Waals surface area contributed by atoms with Crippen molar-refractivity contribution in [3.63, 3.8) is 0 Å². The van der Waals surface area contributed by atoms with Crippen molar-refractivity contribution in [3.05, 3.63) is 138 Å². The van der Waals surface area contributed by atoms with Crippen LogP contribution in [-0.4, -0.2) is 40.5 Å². The number of para-hydroxylation sites is 1. The number of hydrogen-bond donors (Lipinski definition) is 5. The first kappa shape index (κ1) is 34.9. The fraction of sp³-hybridized carbons (Fsp3) is 0.275. The summed E-state index contributed by atoms with van der Waals surface area (Å²) in [5.74, 6) is -1.26. The van der Waals surface area contributed by atoms with E-state index >= 15 is 0 Å². The smallest absolute Gasteiger partial charge is 0.244 e. The van der Waals surface area contributed by atoms with Gasteiger partial charge in [0, 0.05) is 42.4 Å². The lowest BCUT2D eigenvalue weighted by Crippen LogP contribution is -2.50. The highest BCUT2D eigenvalue weighted by atomic mass is 16.5. The third-order valence-electron chi connectivity index (χ3n) is 8.65. The number of amides is 3. The Bertz CT molecular complexity index is 1770. The summed E-state index contributed by atoms with van der Waals surface area (Å²) in [6.07, 6.45) is 5.30. The van der Waals surface area contributed by atoms with Crippen molar-refractivity contribution in [1.82, 2.24) is 21.1 Å². The maximum Gasteiger partial charge on any atom is 0.244 e. The molecule has 254 valence electrons. The molecule has 0 saturated heterocycles. The van der Waals surface area contributed by atoms with Gasteiger partial charge in [0.1, 0.15) is 18.4 Å². The zero-order valence-electron chi connectivity index (χ0n) is 27.6. The first-order valence-electron chi connectivity index (χ1n) is 16.8. The number of H-pyrrole nitrogens is 1. The Kier molecular flexibility index (Phi) is 13.0. The van der Waals surface area contributed by atoms with Crippen LogP contribution in [-0.2, 0) is 40.3 Å². The van der Waals surface area contributed by atoms with E-state index in [-0.39, 0.29) is 18.7 Å². The molecule has 1 heterocycles. The molecule has 0 radical (unpaired) electrons. The molecule has 0 aliphatic heterocycles. The number of ether oxygens (including phenoxy) is 1. The van der Waals surface area contributed by atoms with E-state index in [0.717, 1.165) is 51.7 Å². The third kappa shape index (κ3) is 10.8. The van der Waals surface area contributed by atoms with E-state index in [4.69, 9.17) is 4.74 Å². The van der Waals surface area contributed by atoms with Crippen LogP contribution in [0.15, 0.2) is 115 Å². The summed E-state index contributed by atoms with van der Waals surface area (Å²) < 4.78 is 5.89. The quantitative estimate of drug-likeness (QED) is 0.0443. The first-order valence-corrected chi connectivity index (χ1v) is 16.8. The Morgan fingerprint density at radius 3 is 2.14 bits per heavy atom. The first-order chi connectivity index (χ1) is 24.0. The van der Waals surface area contributed by atoms with Crippen LogP contribution in [0, 0.1) is 5.92 Å². The number of nitrogens with one attached hydrogen (secondary N) is 4. The lowest BCUT2D eigenvalue weighted by molar-refractivity contribution is -0.136. The predicted octanol–water partition coefficient (Wildman–Crippen LogP) is 6.06. The van der Waals surface area contributed by atoms with Crippen LogP contribution < -0.4 is 20.9 Å². The Balaban J connectivity index is 1.18. The average molecular weight is 661 g/mol. The second-order valence-electron chi connectivity index (χ2n) is 12.3. The topological polar surface area (TPSA) is 133 Å². The Labute approximate surface area is 287 Å². The Morgan fingerprint density at radius 1 is 0.735 bits per heavy atom. The molecule has 0 unspecified atom stereocenters. The lowest BCUT2D eigenvalue weighted by Gasteiger charge is -2.22. The minimum atomic E-state index is -0.857. The van der Waals surface area contributed by atoms with E-state index in [1.54, 1.807) is 5.48 Å². The number of fused-ring (bicyclic) bond motifs is 1. The number of unbranched alkanes of at least 4 members (excludes halogenated alkanes) is 1. The van der Waals surface area contributed by atoms with Gasteiger partial charge in [-0.25, -0.2) is 5.48 Å². The lowest BCUT2D eigenvalue weighted by atomic mass is 9.94. The monoisotopic (exact) mass is 660 g/mol. The molecule has 0 spiro atoms. The van der Waals surface area contributed by atoms with Crippen LogP contribution in [0.3, 0.4) is 0 Å². The molecule has 2 atom stereocenters. The number of aryl methyl sites for hydroxylation is 1. The summed E-state index contributed by atoms with van der Waals surface area (Å²) in [6.45, 7) is 0.919. The zero-order valence-corrected chi connectivity index (χ0v) is 27.6. The van der Waals surface area contributed by atoms with E-state index in [9.17, 15) is 19.6 Å². The van der Waals surface area contributed by atoms with Crippen molar-refractivity contribution in [2.75, 3.05) is 6.54 Å². The van der Waals surface area contributed by atoms with Crippen LogP contribution in [0.2, 0.25) is 0 Å². The summed E-state index contributed by atoms with van der Waals surface area (Å²) >= 11 is 0. The molecule has 5 rings (SSSR count). The fourth-order valence-electron chi connectivity index (χ4n) is 5.93. The van der Waals surface area contributed by atoms with Gasteiger partial charge in [-0.05, 0) is 66.1 Å². The second-order valence-corrected chi connectivity index (χ2v) is 12.3. The van der Waals surface area contributed by atoms with Crippen molar-refractivity contribution in [3.8, 4) is 5.75 Å². The van der Waals surface area contributed by atoms with Crippen LogP contribution >= 0.6 is 0 Å². The molecule has 9 nitrogen and oxygen atoms in total. The van der Waals surface area contributed by atoms with Gasteiger partial charge in [-0.3, -0.25) is 19.6 Å². The SMILES string of the molecule is O=C(C[C@@H](CCCCc1ccc(OCc2ccccc2)cc1)C(=O)N[C@@H](Cc1c[nH]c2ccccc12)C(=O)NCCc1ccccc1)NO. The van der Waals surface area contributed by atoms with Gasteiger partial charge in [-0.1, -0.05) is 97.4 Å². The van der Waals surface area contributed by atoms with Crippen LogP contribution in [0.1, 0.15) is 47.9 Å². The van der Waals surface area contributed by atoms with Gasteiger partial charge >= 0.3 is 0 Å². The summed E-state index contributed by atoms with van der Waals surface area (Å²) in [4.78, 5) is 42.7. The standard InChI is InChI=1S/C40H44N4O5/c45-38(44-48)26-32(16-8-7-13-30-19-21-34(22-20-30)49-28-31-14-5-2-6-15-31)39(46)43-37(25-33-27-42-36-18-10-9-17-35(33)36)40(47)41-24-23-29-11-3-1-4-12-29/h1-6,9-12,14-15,17-22,27,32,37,42,48H,7-8,13,16,23-26,28H2,(H,41,47)(H,43,46)(H,44,45)/t32-,37+/m1/s1. The Morgan fingerprint density at radius 2 is 1.41 bits per heavy atom. The zero-order chi connectivity index (χ0) is 34.3. The number of benzene rings is 4. The molecule has 9 heteroatoms. The third-order valence-corrected chi connectivity index (χ3v) is 8.65. The molecule has 0 aliphatic carbocycles. The van der Waals surface area contributed by atoms with E-state index < -0.39 is 23.8 Å². The number of rotatable bonds is 18. The maximum absolute atomic E-state index is 13.7. The van der Waals surface area contributed by atoms with Gasteiger partial charge in [0.05, 0.1) is 0 Å². The molecule has 5 N–H and O–H groups in total. The van der Waals surface area contributed by atoms with Gasteiger partial charge < -0.3 is 20.4 Å². The number of hydroxylamine groups is 1. The summed E-state index contributed by atoms with van der Waals surface area (Å²) in [5.41, 5.74) is 6.85. The van der Waals surface area contributed by atoms with Crippen molar-refractivity contribution < 1.29 is 24.3 Å². The van der Waals surface area contributed by atoms with Gasteiger partial charge in [0.2, 0.25) is 17.7 Å². The molecular weight excluding hydrogens is 616 g/mol. The number of hydrogen-bond acceptors (Lipinski definition) is 5. The van der Waals surface area contributed by atoms with Gasteiger partial charge in [-0.15, -0.1) is 0 Å².